The van der Waals surface area contributed by atoms with Crippen molar-refractivity contribution in [1.82, 2.24) is 5.32 Å². The highest BCUT2D eigenvalue weighted by molar-refractivity contribution is 5.99. The summed E-state index contributed by atoms with van der Waals surface area (Å²) in [6.45, 7) is 2.59. The van der Waals surface area contributed by atoms with Gasteiger partial charge in [-0.15, -0.1) is 0 Å². The first-order valence-corrected chi connectivity index (χ1v) is 8.96. The van der Waals surface area contributed by atoms with Crippen LogP contribution >= 0.6 is 0 Å². The lowest BCUT2D eigenvalue weighted by Crippen LogP contribution is -2.28. The van der Waals surface area contributed by atoms with Crippen LogP contribution < -0.4 is 19.7 Å². The Labute approximate surface area is 159 Å². The van der Waals surface area contributed by atoms with Gasteiger partial charge in [0.1, 0.15) is 11.5 Å². The fraction of sp³-hybridized carbons (Fsp3) is 0.333. The number of carbonyl (C=O) groups excluding carboxylic acids is 2. The summed E-state index contributed by atoms with van der Waals surface area (Å²) >= 11 is 0. The Kier molecular flexibility index (Phi) is 5.64. The molecule has 1 N–H and O–H groups in total. The van der Waals surface area contributed by atoms with Crippen LogP contribution in [0, 0.1) is 0 Å². The largest absolute Gasteiger partial charge is 0.497 e. The molecule has 0 radical (unpaired) electrons. The summed E-state index contributed by atoms with van der Waals surface area (Å²) in [5, 5.41) is 2.99. The quantitative estimate of drug-likeness (QED) is 0.849. The van der Waals surface area contributed by atoms with Gasteiger partial charge in [-0.05, 0) is 49.7 Å². The minimum absolute atomic E-state index is 0.0991. The molecule has 1 unspecified atom stereocenters. The first-order valence-electron chi connectivity index (χ1n) is 8.96. The molecule has 0 aliphatic carbocycles. The molecule has 1 fully saturated rings. The van der Waals surface area contributed by atoms with E-state index < -0.39 is 0 Å². The number of methoxy groups -OCH3 is 2. The molecule has 2 amide bonds. The van der Waals surface area contributed by atoms with Crippen molar-refractivity contribution < 1.29 is 19.1 Å². The van der Waals surface area contributed by atoms with Gasteiger partial charge in [-0.1, -0.05) is 6.07 Å². The van der Waals surface area contributed by atoms with E-state index in [9.17, 15) is 9.59 Å². The smallest absolute Gasteiger partial charge is 0.251 e. The van der Waals surface area contributed by atoms with E-state index in [0.29, 0.717) is 30.0 Å². The van der Waals surface area contributed by atoms with E-state index in [1.165, 1.54) is 0 Å². The van der Waals surface area contributed by atoms with Gasteiger partial charge in [-0.25, -0.2) is 0 Å². The molecule has 3 rings (SSSR count). The van der Waals surface area contributed by atoms with E-state index in [1.54, 1.807) is 37.3 Å². The molecule has 2 aromatic carbocycles. The van der Waals surface area contributed by atoms with E-state index in [2.05, 4.69) is 5.32 Å². The van der Waals surface area contributed by atoms with Crippen molar-refractivity contribution in [3.8, 4) is 11.5 Å². The van der Waals surface area contributed by atoms with Crippen LogP contribution in [-0.4, -0.2) is 32.6 Å². The number of carbonyl (C=O) groups is 2. The molecule has 0 bridgehead atoms. The van der Waals surface area contributed by atoms with Crippen molar-refractivity contribution in [2.75, 3.05) is 25.7 Å². The van der Waals surface area contributed by atoms with Crippen molar-refractivity contribution in [3.05, 3.63) is 53.6 Å². The van der Waals surface area contributed by atoms with Crippen LogP contribution in [0.25, 0.3) is 0 Å². The fourth-order valence-corrected chi connectivity index (χ4v) is 3.27. The lowest BCUT2D eigenvalue weighted by Gasteiger charge is -2.19. The van der Waals surface area contributed by atoms with Crippen LogP contribution in [-0.2, 0) is 4.79 Å². The van der Waals surface area contributed by atoms with Crippen molar-refractivity contribution in [1.29, 1.82) is 0 Å². The third kappa shape index (κ3) is 4.05. The second-order valence-electron chi connectivity index (χ2n) is 6.50. The van der Waals surface area contributed by atoms with Crippen molar-refractivity contribution in [3.63, 3.8) is 0 Å². The predicted octanol–water partition coefficient (Wildman–Crippen LogP) is 3.32. The highest BCUT2D eigenvalue weighted by atomic mass is 16.5. The topological polar surface area (TPSA) is 67.9 Å². The highest BCUT2D eigenvalue weighted by Crippen LogP contribution is 2.29. The van der Waals surface area contributed by atoms with Crippen LogP contribution in [0.4, 0.5) is 5.69 Å². The molecule has 0 spiro atoms. The Morgan fingerprint density at radius 1 is 1.15 bits per heavy atom. The summed E-state index contributed by atoms with van der Waals surface area (Å²) in [7, 11) is 3.19. The van der Waals surface area contributed by atoms with Crippen LogP contribution in [0.2, 0.25) is 0 Å². The molecule has 0 saturated carbocycles. The number of benzene rings is 2. The van der Waals surface area contributed by atoms with E-state index in [0.717, 1.165) is 17.7 Å². The van der Waals surface area contributed by atoms with E-state index in [4.69, 9.17) is 9.47 Å². The van der Waals surface area contributed by atoms with Gasteiger partial charge in [0.05, 0.1) is 20.3 Å². The summed E-state index contributed by atoms with van der Waals surface area (Å²) in [5.74, 6) is 1.27. The number of nitrogens with zero attached hydrogens (tertiary/aromatic N) is 1. The number of nitrogens with one attached hydrogen (secondary N) is 1. The standard InChI is InChI=1S/C21H24N2O4/c1-14(18-13-17(26-2)9-10-19(18)27-3)22-21(25)15-6-4-7-16(12-15)23-11-5-8-20(23)24/h4,6-7,9-10,12-14H,5,8,11H2,1-3H3,(H,22,25). The molecule has 27 heavy (non-hydrogen) atoms. The summed E-state index contributed by atoms with van der Waals surface area (Å²) in [6.07, 6.45) is 1.41. The average molecular weight is 368 g/mol. The maximum absolute atomic E-state index is 12.7. The molecule has 2 aromatic rings. The molecule has 1 atom stereocenters. The zero-order chi connectivity index (χ0) is 19.4. The van der Waals surface area contributed by atoms with Gasteiger partial charge in [0, 0.05) is 29.8 Å². The second-order valence-corrected chi connectivity index (χ2v) is 6.50. The van der Waals surface area contributed by atoms with Gasteiger partial charge in [0.25, 0.3) is 5.91 Å². The number of amides is 2. The minimum atomic E-state index is -0.278. The molecule has 1 heterocycles. The lowest BCUT2D eigenvalue weighted by atomic mass is 10.1. The van der Waals surface area contributed by atoms with Gasteiger partial charge in [0.15, 0.2) is 0 Å². The number of hydrogen-bond donors (Lipinski definition) is 1. The third-order valence-corrected chi connectivity index (χ3v) is 4.74. The number of rotatable bonds is 6. The Morgan fingerprint density at radius 2 is 1.96 bits per heavy atom. The summed E-state index contributed by atoms with van der Waals surface area (Å²) in [6, 6.07) is 12.4. The van der Waals surface area contributed by atoms with Gasteiger partial charge in [0.2, 0.25) is 5.91 Å². The SMILES string of the molecule is COc1ccc(OC)c(C(C)NC(=O)c2cccc(N3CCCC3=O)c2)c1. The summed E-state index contributed by atoms with van der Waals surface area (Å²) in [5.41, 5.74) is 2.11. The van der Waals surface area contributed by atoms with Crippen LogP contribution in [0.15, 0.2) is 42.5 Å². The van der Waals surface area contributed by atoms with Gasteiger partial charge < -0.3 is 19.7 Å². The van der Waals surface area contributed by atoms with Gasteiger partial charge in [-0.2, -0.15) is 0 Å². The Balaban J connectivity index is 1.78. The fourth-order valence-electron chi connectivity index (χ4n) is 3.27. The molecular weight excluding hydrogens is 344 g/mol. The molecule has 1 saturated heterocycles. The third-order valence-electron chi connectivity index (χ3n) is 4.74. The number of anilines is 1. The molecule has 1 aliphatic rings. The Morgan fingerprint density at radius 3 is 2.63 bits per heavy atom. The van der Waals surface area contributed by atoms with Crippen molar-refractivity contribution >= 4 is 17.5 Å². The first-order chi connectivity index (χ1) is 13.0. The van der Waals surface area contributed by atoms with E-state index in [1.807, 2.05) is 31.2 Å². The molecule has 142 valence electrons. The van der Waals surface area contributed by atoms with Crippen LogP contribution in [0.3, 0.4) is 0 Å². The number of ether oxygens (including phenoxy) is 2. The minimum Gasteiger partial charge on any atom is -0.497 e. The zero-order valence-corrected chi connectivity index (χ0v) is 15.8. The summed E-state index contributed by atoms with van der Waals surface area (Å²) < 4.78 is 10.7. The lowest BCUT2D eigenvalue weighted by molar-refractivity contribution is -0.117. The monoisotopic (exact) mass is 368 g/mol. The van der Waals surface area contributed by atoms with E-state index >= 15 is 0 Å². The first kappa shape index (κ1) is 18.8. The van der Waals surface area contributed by atoms with Crippen LogP contribution in [0.5, 0.6) is 11.5 Å². The molecular formula is C21H24N2O4. The van der Waals surface area contributed by atoms with Gasteiger partial charge in [-0.3, -0.25) is 9.59 Å². The number of hydrogen-bond acceptors (Lipinski definition) is 4. The highest BCUT2D eigenvalue weighted by Gasteiger charge is 2.23. The molecule has 1 aliphatic heterocycles. The van der Waals surface area contributed by atoms with Crippen molar-refractivity contribution in [2.45, 2.75) is 25.8 Å². The molecule has 6 nitrogen and oxygen atoms in total. The molecule has 6 heteroatoms. The molecule has 0 aromatic heterocycles. The zero-order valence-electron chi connectivity index (χ0n) is 15.8. The average Bonchev–Trinajstić information content (AvgIpc) is 3.13. The van der Waals surface area contributed by atoms with E-state index in [-0.39, 0.29) is 17.9 Å². The normalized spacial score (nSPS) is 14.8. The van der Waals surface area contributed by atoms with Crippen LogP contribution in [0.1, 0.15) is 41.7 Å². The van der Waals surface area contributed by atoms with Gasteiger partial charge >= 0.3 is 0 Å². The van der Waals surface area contributed by atoms with Crippen molar-refractivity contribution in [2.24, 2.45) is 0 Å². The maximum Gasteiger partial charge on any atom is 0.251 e. The second kappa shape index (κ2) is 8.12. The maximum atomic E-state index is 12.7. The predicted molar refractivity (Wildman–Crippen MR) is 103 cm³/mol. The summed E-state index contributed by atoms with van der Waals surface area (Å²) in [4.78, 5) is 26.4. The Bertz CT molecular complexity index is 850. The Hall–Kier alpha value is -3.02.